The molecule has 0 aromatic rings. The number of nitriles is 1. The fourth-order valence-corrected chi connectivity index (χ4v) is 1.68. The Morgan fingerprint density at radius 1 is 1.55 bits per heavy atom. The van der Waals surface area contributed by atoms with Crippen molar-refractivity contribution in [3.63, 3.8) is 0 Å². The molecule has 0 saturated heterocycles. The summed E-state index contributed by atoms with van der Waals surface area (Å²) in [5.74, 6) is 0.794. The second-order valence-electron chi connectivity index (χ2n) is 3.78. The summed E-state index contributed by atoms with van der Waals surface area (Å²) in [6.07, 6.45) is 4.35. The molecule has 2 heteroatoms. The van der Waals surface area contributed by atoms with E-state index in [1.54, 1.807) is 0 Å². The first-order valence-electron chi connectivity index (χ1n) is 4.34. The van der Waals surface area contributed by atoms with Crippen molar-refractivity contribution in [1.29, 1.82) is 5.26 Å². The Balaban J connectivity index is 2.54. The van der Waals surface area contributed by atoms with Crippen LogP contribution in [0.25, 0.3) is 0 Å². The third-order valence-electron chi connectivity index (χ3n) is 2.86. The van der Waals surface area contributed by atoms with Gasteiger partial charge in [-0.2, -0.15) is 5.26 Å². The van der Waals surface area contributed by atoms with Crippen LogP contribution >= 0.6 is 0 Å². The van der Waals surface area contributed by atoms with Crippen LogP contribution in [-0.2, 0) is 0 Å². The minimum absolute atomic E-state index is 0.174. The van der Waals surface area contributed by atoms with Gasteiger partial charge in [0.05, 0.1) is 11.5 Å². The predicted octanol–water partition coefficient (Wildman–Crippen LogP) is 1.67. The largest absolute Gasteiger partial charge is 0.329 e. The predicted molar refractivity (Wildman–Crippen MR) is 44.7 cm³/mol. The van der Waals surface area contributed by atoms with Crippen LogP contribution in [0.3, 0.4) is 0 Å². The van der Waals surface area contributed by atoms with Gasteiger partial charge in [0.25, 0.3) is 0 Å². The molecule has 1 fully saturated rings. The van der Waals surface area contributed by atoms with Gasteiger partial charge < -0.3 is 5.73 Å². The maximum atomic E-state index is 8.90. The highest BCUT2D eigenvalue weighted by Gasteiger charge is 2.32. The van der Waals surface area contributed by atoms with E-state index in [0.717, 1.165) is 18.8 Å². The Morgan fingerprint density at radius 2 is 2.09 bits per heavy atom. The zero-order chi connectivity index (χ0) is 8.32. The number of nitrogens with two attached hydrogens (primary N) is 1. The maximum absolute atomic E-state index is 8.90. The summed E-state index contributed by atoms with van der Waals surface area (Å²) in [5.41, 5.74) is 5.40. The Hall–Kier alpha value is -0.550. The molecule has 0 aromatic carbocycles. The summed E-state index contributed by atoms with van der Waals surface area (Å²) >= 11 is 0. The van der Waals surface area contributed by atoms with E-state index in [-0.39, 0.29) is 5.41 Å². The molecule has 2 N–H and O–H groups in total. The fourth-order valence-electron chi connectivity index (χ4n) is 1.68. The summed E-state index contributed by atoms with van der Waals surface area (Å²) in [7, 11) is 0. The number of rotatable bonds is 1. The van der Waals surface area contributed by atoms with Crippen LogP contribution in [-0.4, -0.2) is 6.54 Å². The van der Waals surface area contributed by atoms with Crippen molar-refractivity contribution in [2.75, 3.05) is 6.54 Å². The van der Waals surface area contributed by atoms with Crippen molar-refractivity contribution in [3.05, 3.63) is 0 Å². The smallest absolute Gasteiger partial charge is 0.0703 e. The van der Waals surface area contributed by atoms with Gasteiger partial charge in [-0.1, -0.05) is 6.92 Å². The van der Waals surface area contributed by atoms with E-state index in [9.17, 15) is 0 Å². The normalized spacial score (nSPS) is 38.1. The van der Waals surface area contributed by atoms with Crippen molar-refractivity contribution in [2.45, 2.75) is 32.6 Å². The van der Waals surface area contributed by atoms with Gasteiger partial charge in [0.2, 0.25) is 0 Å². The van der Waals surface area contributed by atoms with Crippen LogP contribution < -0.4 is 5.73 Å². The minimum Gasteiger partial charge on any atom is -0.329 e. The lowest BCUT2D eigenvalue weighted by Crippen LogP contribution is -2.32. The van der Waals surface area contributed by atoms with Gasteiger partial charge >= 0.3 is 0 Å². The molecule has 1 aliphatic carbocycles. The Labute approximate surface area is 68.4 Å². The molecule has 1 aliphatic rings. The highest BCUT2D eigenvalue weighted by Crippen LogP contribution is 2.37. The summed E-state index contributed by atoms with van der Waals surface area (Å²) in [5, 5.41) is 8.90. The molecule has 0 unspecified atom stereocenters. The Kier molecular flexibility index (Phi) is 2.51. The fraction of sp³-hybridized carbons (Fsp3) is 0.889. The third-order valence-corrected chi connectivity index (χ3v) is 2.86. The van der Waals surface area contributed by atoms with Gasteiger partial charge in [0.1, 0.15) is 0 Å². The van der Waals surface area contributed by atoms with Crippen LogP contribution in [0.4, 0.5) is 0 Å². The lowest BCUT2D eigenvalue weighted by molar-refractivity contribution is 0.227. The quantitative estimate of drug-likeness (QED) is 0.621. The van der Waals surface area contributed by atoms with Gasteiger partial charge in [-0.25, -0.2) is 0 Å². The molecule has 0 aliphatic heterocycles. The van der Waals surface area contributed by atoms with Gasteiger partial charge in [-0.05, 0) is 31.6 Å². The average Bonchev–Trinajstić information content (AvgIpc) is 2.07. The van der Waals surface area contributed by atoms with E-state index in [4.69, 9.17) is 11.0 Å². The van der Waals surface area contributed by atoms with E-state index in [1.165, 1.54) is 12.8 Å². The molecule has 0 amide bonds. The number of nitrogens with zero attached hydrogens (tertiary/aromatic N) is 1. The molecule has 11 heavy (non-hydrogen) atoms. The van der Waals surface area contributed by atoms with Crippen molar-refractivity contribution in [3.8, 4) is 6.07 Å². The molecule has 0 aromatic heterocycles. The van der Waals surface area contributed by atoms with E-state index in [2.05, 4.69) is 13.0 Å². The topological polar surface area (TPSA) is 49.8 Å². The molecular formula is C9H16N2. The first-order valence-corrected chi connectivity index (χ1v) is 4.34. The zero-order valence-electron chi connectivity index (χ0n) is 7.14. The monoisotopic (exact) mass is 152 g/mol. The van der Waals surface area contributed by atoms with Crippen molar-refractivity contribution >= 4 is 0 Å². The molecule has 2 nitrogen and oxygen atoms in total. The van der Waals surface area contributed by atoms with Crippen LogP contribution in [0.2, 0.25) is 0 Å². The standard InChI is InChI=1S/C9H16N2/c1-8-2-4-9(6-10,7-11)5-3-8/h8H,2-6,10H2,1H3. The van der Waals surface area contributed by atoms with E-state index in [0.29, 0.717) is 6.54 Å². The summed E-state index contributed by atoms with van der Waals surface area (Å²) in [4.78, 5) is 0. The highest BCUT2D eigenvalue weighted by atomic mass is 14.6. The first-order chi connectivity index (χ1) is 5.22. The van der Waals surface area contributed by atoms with Crippen LogP contribution in [0.15, 0.2) is 0 Å². The van der Waals surface area contributed by atoms with Gasteiger partial charge in [-0.15, -0.1) is 0 Å². The van der Waals surface area contributed by atoms with Crippen molar-refractivity contribution in [2.24, 2.45) is 17.1 Å². The molecule has 0 bridgehead atoms. The molecule has 62 valence electrons. The molecule has 0 heterocycles. The zero-order valence-corrected chi connectivity index (χ0v) is 7.14. The van der Waals surface area contributed by atoms with Crippen molar-refractivity contribution in [1.82, 2.24) is 0 Å². The van der Waals surface area contributed by atoms with Crippen LogP contribution in [0, 0.1) is 22.7 Å². The molecular weight excluding hydrogens is 136 g/mol. The van der Waals surface area contributed by atoms with Gasteiger partial charge in [-0.3, -0.25) is 0 Å². The van der Waals surface area contributed by atoms with E-state index in [1.807, 2.05) is 0 Å². The summed E-state index contributed by atoms with van der Waals surface area (Å²) < 4.78 is 0. The van der Waals surface area contributed by atoms with E-state index >= 15 is 0 Å². The molecule has 0 atom stereocenters. The van der Waals surface area contributed by atoms with E-state index < -0.39 is 0 Å². The van der Waals surface area contributed by atoms with Crippen molar-refractivity contribution < 1.29 is 0 Å². The second kappa shape index (κ2) is 3.23. The minimum atomic E-state index is -0.174. The number of hydrogen-bond acceptors (Lipinski definition) is 2. The molecule has 0 spiro atoms. The first kappa shape index (κ1) is 8.55. The SMILES string of the molecule is CC1CCC(C#N)(CN)CC1. The summed E-state index contributed by atoms with van der Waals surface area (Å²) in [6, 6.07) is 2.36. The lowest BCUT2D eigenvalue weighted by Gasteiger charge is -2.32. The Bertz CT molecular complexity index is 161. The third kappa shape index (κ3) is 1.72. The van der Waals surface area contributed by atoms with Crippen LogP contribution in [0.1, 0.15) is 32.6 Å². The Morgan fingerprint density at radius 3 is 2.45 bits per heavy atom. The summed E-state index contributed by atoms with van der Waals surface area (Å²) in [6.45, 7) is 2.79. The second-order valence-corrected chi connectivity index (χ2v) is 3.78. The average molecular weight is 152 g/mol. The molecule has 0 radical (unpaired) electrons. The maximum Gasteiger partial charge on any atom is 0.0703 e. The lowest BCUT2D eigenvalue weighted by atomic mass is 9.72. The number of hydrogen-bond donors (Lipinski definition) is 1. The van der Waals surface area contributed by atoms with Gasteiger partial charge in [0.15, 0.2) is 0 Å². The van der Waals surface area contributed by atoms with Crippen LogP contribution in [0.5, 0.6) is 0 Å². The molecule has 1 saturated carbocycles. The van der Waals surface area contributed by atoms with Gasteiger partial charge in [0, 0.05) is 6.54 Å². The molecule has 1 rings (SSSR count). The highest BCUT2D eigenvalue weighted by molar-refractivity contribution is 5.01.